The number of hydrogen-bond donors (Lipinski definition) is 1. The number of halogens is 2. The fraction of sp³-hybridized carbons (Fsp3) is 0.231. The number of nitrogens with zero attached hydrogens (tertiary/aromatic N) is 1. The predicted molar refractivity (Wildman–Crippen MR) is 73.3 cm³/mol. The van der Waals surface area contributed by atoms with Gasteiger partial charge in [0.25, 0.3) is 5.91 Å². The molecule has 0 aromatic heterocycles. The lowest BCUT2D eigenvalue weighted by Gasteiger charge is -2.07. The minimum Gasteiger partial charge on any atom is -0.349 e. The van der Waals surface area contributed by atoms with Gasteiger partial charge in [0.05, 0.1) is 10.0 Å². The molecule has 0 fully saturated rings. The van der Waals surface area contributed by atoms with Crippen molar-refractivity contribution in [3.05, 3.63) is 39.4 Å². The molecule has 0 spiro atoms. The maximum Gasteiger partial charge on any atom is 0.262 e. The summed E-state index contributed by atoms with van der Waals surface area (Å²) >= 11 is 11.8. The van der Waals surface area contributed by atoms with Gasteiger partial charge >= 0.3 is 0 Å². The van der Waals surface area contributed by atoms with Crippen LogP contribution in [-0.2, 0) is 4.79 Å². The molecule has 1 rings (SSSR count). The summed E-state index contributed by atoms with van der Waals surface area (Å²) in [4.78, 5) is 11.7. The third kappa shape index (κ3) is 3.76. The summed E-state index contributed by atoms with van der Waals surface area (Å²) in [5.74, 6) is -0.427. The van der Waals surface area contributed by atoms with E-state index in [2.05, 4.69) is 5.32 Å². The van der Waals surface area contributed by atoms with Crippen LogP contribution in [0.3, 0.4) is 0 Å². The highest BCUT2D eigenvalue weighted by molar-refractivity contribution is 6.43. The van der Waals surface area contributed by atoms with Crippen LogP contribution >= 0.6 is 23.2 Å². The highest BCUT2D eigenvalue weighted by atomic mass is 35.5. The van der Waals surface area contributed by atoms with Gasteiger partial charge < -0.3 is 5.32 Å². The van der Waals surface area contributed by atoms with E-state index in [4.69, 9.17) is 28.5 Å². The van der Waals surface area contributed by atoms with Crippen LogP contribution in [0.4, 0.5) is 0 Å². The second-order valence-electron chi connectivity index (χ2n) is 3.94. The van der Waals surface area contributed by atoms with Gasteiger partial charge in [0.1, 0.15) is 11.6 Å². The molecule has 1 aromatic rings. The number of nitriles is 1. The summed E-state index contributed by atoms with van der Waals surface area (Å²) in [6, 6.07) is 6.84. The topological polar surface area (TPSA) is 52.9 Å². The Morgan fingerprint density at radius 1 is 1.44 bits per heavy atom. The van der Waals surface area contributed by atoms with E-state index < -0.39 is 5.91 Å². The van der Waals surface area contributed by atoms with E-state index >= 15 is 0 Å². The normalized spacial score (nSPS) is 11.2. The Hall–Kier alpha value is -1.50. The number of rotatable bonds is 3. The van der Waals surface area contributed by atoms with E-state index in [-0.39, 0.29) is 11.6 Å². The Kier molecular flexibility index (Phi) is 5.21. The Morgan fingerprint density at radius 3 is 2.67 bits per heavy atom. The van der Waals surface area contributed by atoms with Crippen molar-refractivity contribution in [2.75, 3.05) is 0 Å². The Labute approximate surface area is 116 Å². The van der Waals surface area contributed by atoms with Crippen molar-refractivity contribution in [2.24, 2.45) is 0 Å². The molecule has 0 aliphatic heterocycles. The third-order valence-electron chi connectivity index (χ3n) is 2.07. The van der Waals surface area contributed by atoms with Crippen LogP contribution in [0.2, 0.25) is 10.0 Å². The van der Waals surface area contributed by atoms with Gasteiger partial charge in [-0.15, -0.1) is 0 Å². The molecule has 0 bridgehead atoms. The van der Waals surface area contributed by atoms with Crippen LogP contribution in [0.25, 0.3) is 6.08 Å². The Bertz CT molecular complexity index is 530. The number of carbonyl (C=O) groups excluding carboxylic acids is 1. The van der Waals surface area contributed by atoms with Gasteiger partial charge in [-0.05, 0) is 31.6 Å². The molecule has 0 aliphatic rings. The van der Waals surface area contributed by atoms with Gasteiger partial charge in [0, 0.05) is 6.04 Å². The summed E-state index contributed by atoms with van der Waals surface area (Å²) < 4.78 is 0. The molecule has 0 saturated heterocycles. The largest absolute Gasteiger partial charge is 0.349 e. The SMILES string of the molecule is CC(C)NC(=O)C(C#N)=Cc1cccc(Cl)c1Cl. The monoisotopic (exact) mass is 282 g/mol. The first-order chi connectivity index (χ1) is 8.45. The summed E-state index contributed by atoms with van der Waals surface area (Å²) in [5.41, 5.74) is 0.535. The fourth-order valence-electron chi connectivity index (χ4n) is 1.28. The van der Waals surface area contributed by atoms with Crippen molar-refractivity contribution < 1.29 is 4.79 Å². The van der Waals surface area contributed by atoms with E-state index in [0.29, 0.717) is 15.6 Å². The van der Waals surface area contributed by atoms with Crippen molar-refractivity contribution in [2.45, 2.75) is 19.9 Å². The summed E-state index contributed by atoms with van der Waals surface area (Å²) in [7, 11) is 0. The second kappa shape index (κ2) is 6.44. The standard InChI is InChI=1S/C13H12Cl2N2O/c1-8(2)17-13(18)10(7-16)6-9-4-3-5-11(14)12(9)15/h3-6,8H,1-2H3,(H,17,18). The molecule has 0 atom stereocenters. The lowest BCUT2D eigenvalue weighted by atomic mass is 10.1. The summed E-state index contributed by atoms with van der Waals surface area (Å²) in [6.07, 6.45) is 1.42. The van der Waals surface area contributed by atoms with Crippen LogP contribution in [0.1, 0.15) is 19.4 Å². The number of nitrogens with one attached hydrogen (secondary N) is 1. The lowest BCUT2D eigenvalue weighted by Crippen LogP contribution is -2.30. The molecule has 0 aliphatic carbocycles. The maximum atomic E-state index is 11.7. The molecular formula is C13H12Cl2N2O. The van der Waals surface area contributed by atoms with Crippen molar-refractivity contribution in [3.63, 3.8) is 0 Å². The van der Waals surface area contributed by atoms with Crippen LogP contribution < -0.4 is 5.32 Å². The molecule has 1 N–H and O–H groups in total. The highest BCUT2D eigenvalue weighted by Crippen LogP contribution is 2.27. The molecule has 0 heterocycles. The molecule has 18 heavy (non-hydrogen) atoms. The van der Waals surface area contributed by atoms with Gasteiger partial charge in [-0.2, -0.15) is 5.26 Å². The van der Waals surface area contributed by atoms with Crippen molar-refractivity contribution in [1.82, 2.24) is 5.32 Å². The van der Waals surface area contributed by atoms with Crippen molar-refractivity contribution in [3.8, 4) is 6.07 Å². The smallest absolute Gasteiger partial charge is 0.262 e. The molecular weight excluding hydrogens is 271 g/mol. The van der Waals surface area contributed by atoms with E-state index in [1.54, 1.807) is 18.2 Å². The lowest BCUT2D eigenvalue weighted by molar-refractivity contribution is -0.117. The second-order valence-corrected chi connectivity index (χ2v) is 4.73. The number of hydrogen-bond acceptors (Lipinski definition) is 2. The minimum absolute atomic E-state index is 0.00660. The average molecular weight is 283 g/mol. The van der Waals surface area contributed by atoms with Crippen molar-refractivity contribution in [1.29, 1.82) is 5.26 Å². The van der Waals surface area contributed by atoms with Crippen LogP contribution in [0.15, 0.2) is 23.8 Å². The first-order valence-corrected chi connectivity index (χ1v) is 6.08. The first kappa shape index (κ1) is 14.6. The number of benzene rings is 1. The molecule has 5 heteroatoms. The molecule has 0 saturated carbocycles. The fourth-order valence-corrected chi connectivity index (χ4v) is 1.64. The van der Waals surface area contributed by atoms with Gasteiger partial charge in [-0.3, -0.25) is 4.79 Å². The van der Waals surface area contributed by atoms with Crippen molar-refractivity contribution >= 4 is 35.2 Å². The zero-order valence-electron chi connectivity index (χ0n) is 10.00. The summed E-state index contributed by atoms with van der Waals surface area (Å²) in [5, 5.41) is 12.3. The molecule has 1 amide bonds. The van der Waals surface area contributed by atoms with E-state index in [1.807, 2.05) is 19.9 Å². The van der Waals surface area contributed by atoms with Crippen LogP contribution in [-0.4, -0.2) is 11.9 Å². The summed E-state index contributed by atoms with van der Waals surface area (Å²) in [6.45, 7) is 3.64. The number of amides is 1. The van der Waals surface area contributed by atoms with Gasteiger partial charge in [0.2, 0.25) is 0 Å². The van der Waals surface area contributed by atoms with E-state index in [0.717, 1.165) is 0 Å². The minimum atomic E-state index is -0.427. The first-order valence-electron chi connectivity index (χ1n) is 5.32. The molecule has 3 nitrogen and oxygen atoms in total. The third-order valence-corrected chi connectivity index (χ3v) is 2.90. The molecule has 0 unspecified atom stereocenters. The average Bonchev–Trinajstić information content (AvgIpc) is 2.30. The quantitative estimate of drug-likeness (QED) is 0.682. The van der Waals surface area contributed by atoms with Gasteiger partial charge in [-0.25, -0.2) is 0 Å². The molecule has 94 valence electrons. The molecule has 1 aromatic carbocycles. The zero-order valence-corrected chi connectivity index (χ0v) is 11.5. The maximum absolute atomic E-state index is 11.7. The number of carbonyl (C=O) groups is 1. The van der Waals surface area contributed by atoms with Crippen LogP contribution in [0.5, 0.6) is 0 Å². The van der Waals surface area contributed by atoms with Gasteiger partial charge in [-0.1, -0.05) is 35.3 Å². The zero-order chi connectivity index (χ0) is 13.7. The molecule has 0 radical (unpaired) electrons. The highest BCUT2D eigenvalue weighted by Gasteiger charge is 2.11. The Morgan fingerprint density at radius 2 is 2.11 bits per heavy atom. The van der Waals surface area contributed by atoms with E-state index in [1.165, 1.54) is 6.08 Å². The van der Waals surface area contributed by atoms with E-state index in [9.17, 15) is 4.79 Å². The Balaban J connectivity index is 3.09. The van der Waals surface area contributed by atoms with Gasteiger partial charge in [0.15, 0.2) is 0 Å². The van der Waals surface area contributed by atoms with Crippen LogP contribution in [0, 0.1) is 11.3 Å². The predicted octanol–water partition coefficient (Wildman–Crippen LogP) is 3.42.